The highest BCUT2D eigenvalue weighted by molar-refractivity contribution is 7.58. The van der Waals surface area contributed by atoms with Crippen molar-refractivity contribution in [1.82, 2.24) is 14.5 Å². The first-order valence-corrected chi connectivity index (χ1v) is 8.72. The van der Waals surface area contributed by atoms with Gasteiger partial charge in [-0.1, -0.05) is 0 Å². The Morgan fingerprint density at radius 3 is 2.95 bits per heavy atom. The predicted molar refractivity (Wildman–Crippen MR) is 79.6 cm³/mol. The van der Waals surface area contributed by atoms with Gasteiger partial charge in [0.1, 0.15) is 12.5 Å². The second-order valence-corrected chi connectivity index (χ2v) is 7.70. The van der Waals surface area contributed by atoms with Crippen molar-refractivity contribution in [2.24, 2.45) is 4.99 Å². The fourth-order valence-corrected chi connectivity index (χ4v) is 2.73. The quantitative estimate of drug-likeness (QED) is 0.463. The van der Waals surface area contributed by atoms with E-state index in [-0.39, 0.29) is 19.1 Å². The van der Waals surface area contributed by atoms with Gasteiger partial charge in [-0.3, -0.25) is 9.13 Å². The molecule has 1 aromatic heterocycles. The number of hydrogen-bond acceptors (Lipinski definition) is 6. The lowest BCUT2D eigenvalue weighted by Crippen LogP contribution is -2.34. The van der Waals surface area contributed by atoms with Gasteiger partial charge in [0.25, 0.3) is 0 Å². The number of aromatic nitrogens is 2. The average molecular weight is 314 g/mol. The highest BCUT2D eigenvalue weighted by atomic mass is 31.2. The third kappa shape index (κ3) is 4.77. The summed E-state index contributed by atoms with van der Waals surface area (Å²) in [6, 6.07) is 1.65. The Kier molecular flexibility index (Phi) is 4.92. The van der Waals surface area contributed by atoms with Crippen molar-refractivity contribution >= 4 is 19.5 Å². The van der Waals surface area contributed by atoms with Crippen LogP contribution in [0.25, 0.3) is 0 Å². The third-order valence-corrected chi connectivity index (χ3v) is 4.07. The standard InChI is InChI=1S/C12H19N4O4P/c1-15(2)8-13-11-4-5-16(12(17)14-11)6-10-7-20-21(3,18)9-19-10/h4-5,8,10H,6-7,9H2,1-3H3/t10-,21?/m0/s1. The van der Waals surface area contributed by atoms with Gasteiger partial charge in [-0.25, -0.2) is 9.79 Å². The summed E-state index contributed by atoms with van der Waals surface area (Å²) in [5.41, 5.74) is -0.405. The van der Waals surface area contributed by atoms with Gasteiger partial charge in [-0.2, -0.15) is 4.98 Å². The van der Waals surface area contributed by atoms with E-state index < -0.39 is 13.1 Å². The molecule has 0 radical (unpaired) electrons. The minimum Gasteiger partial charge on any atom is -0.369 e. The van der Waals surface area contributed by atoms with Gasteiger partial charge in [0.15, 0.2) is 5.82 Å². The Morgan fingerprint density at radius 2 is 2.38 bits per heavy atom. The molecule has 116 valence electrons. The Hall–Kier alpha value is -1.50. The maximum Gasteiger partial charge on any atom is 0.349 e. The van der Waals surface area contributed by atoms with E-state index >= 15 is 0 Å². The van der Waals surface area contributed by atoms with Gasteiger partial charge in [0, 0.05) is 27.0 Å². The molecule has 0 bridgehead atoms. The van der Waals surface area contributed by atoms with Crippen LogP contribution in [0.3, 0.4) is 0 Å². The molecule has 2 heterocycles. The van der Waals surface area contributed by atoms with Crippen LogP contribution in [0, 0.1) is 0 Å². The molecule has 1 aliphatic rings. The molecular weight excluding hydrogens is 295 g/mol. The molecule has 0 N–H and O–H groups in total. The molecule has 0 spiro atoms. The molecule has 1 aromatic rings. The van der Waals surface area contributed by atoms with Gasteiger partial charge >= 0.3 is 5.69 Å². The van der Waals surface area contributed by atoms with Crippen LogP contribution in [-0.2, 0) is 20.4 Å². The molecule has 0 aromatic carbocycles. The zero-order valence-corrected chi connectivity index (χ0v) is 13.2. The largest absolute Gasteiger partial charge is 0.369 e. The van der Waals surface area contributed by atoms with Crippen LogP contribution in [0.5, 0.6) is 0 Å². The van der Waals surface area contributed by atoms with Gasteiger partial charge in [0.2, 0.25) is 7.37 Å². The SMILES string of the molecule is CN(C)C=Nc1ccn(C[C@H]2COP(C)(=O)CO2)c(=O)n1. The van der Waals surface area contributed by atoms with Gasteiger partial charge < -0.3 is 14.2 Å². The molecule has 0 amide bonds. The summed E-state index contributed by atoms with van der Waals surface area (Å²) in [6.45, 7) is 2.05. The smallest absolute Gasteiger partial charge is 0.349 e. The molecule has 0 aliphatic carbocycles. The number of hydrogen-bond donors (Lipinski definition) is 0. The maximum atomic E-state index is 11.9. The topological polar surface area (TPSA) is 86.0 Å². The van der Waals surface area contributed by atoms with Gasteiger partial charge in [0.05, 0.1) is 19.5 Å². The summed E-state index contributed by atoms with van der Waals surface area (Å²) >= 11 is 0. The van der Waals surface area contributed by atoms with Crippen molar-refractivity contribution in [2.45, 2.75) is 12.6 Å². The number of ether oxygens (including phenoxy) is 1. The van der Waals surface area contributed by atoms with E-state index in [0.717, 1.165) is 0 Å². The Bertz CT molecular complexity index is 616. The minimum atomic E-state index is -2.62. The van der Waals surface area contributed by atoms with Crippen LogP contribution in [0.1, 0.15) is 0 Å². The highest BCUT2D eigenvalue weighted by Crippen LogP contribution is 2.45. The second kappa shape index (κ2) is 6.51. The van der Waals surface area contributed by atoms with E-state index in [1.54, 1.807) is 23.5 Å². The van der Waals surface area contributed by atoms with Crippen molar-refractivity contribution < 1.29 is 13.8 Å². The monoisotopic (exact) mass is 314 g/mol. The fourth-order valence-electron chi connectivity index (χ4n) is 1.70. The lowest BCUT2D eigenvalue weighted by atomic mass is 10.3. The van der Waals surface area contributed by atoms with Crippen LogP contribution in [0.15, 0.2) is 22.1 Å². The first-order chi connectivity index (χ1) is 9.85. The Labute approximate surface area is 122 Å². The first-order valence-electron chi connectivity index (χ1n) is 6.46. The summed E-state index contributed by atoms with van der Waals surface area (Å²) in [5.74, 6) is 0.351. The van der Waals surface area contributed by atoms with Crippen LogP contribution in [0.4, 0.5) is 5.82 Å². The fraction of sp³-hybridized carbons (Fsp3) is 0.583. The van der Waals surface area contributed by atoms with Gasteiger partial charge in [-0.05, 0) is 6.07 Å². The molecule has 2 atom stereocenters. The zero-order valence-electron chi connectivity index (χ0n) is 12.3. The summed E-state index contributed by atoms with van der Waals surface area (Å²) in [7, 11) is 1.05. The molecule has 1 unspecified atom stereocenters. The lowest BCUT2D eigenvalue weighted by Gasteiger charge is -2.27. The third-order valence-electron chi connectivity index (χ3n) is 2.76. The summed E-state index contributed by atoms with van der Waals surface area (Å²) in [6.07, 6.45) is 2.96. The van der Waals surface area contributed by atoms with Crippen LogP contribution >= 0.6 is 7.37 Å². The van der Waals surface area contributed by atoms with E-state index in [2.05, 4.69) is 9.98 Å². The Balaban J connectivity index is 2.02. The molecular formula is C12H19N4O4P. The van der Waals surface area contributed by atoms with Crippen molar-refractivity contribution in [3.05, 3.63) is 22.7 Å². The van der Waals surface area contributed by atoms with Gasteiger partial charge in [-0.15, -0.1) is 0 Å². The molecule has 1 fully saturated rings. The van der Waals surface area contributed by atoms with E-state index in [0.29, 0.717) is 12.4 Å². The minimum absolute atomic E-state index is 0.0745. The molecule has 1 saturated heterocycles. The molecule has 9 heteroatoms. The first kappa shape index (κ1) is 15.9. The second-order valence-electron chi connectivity index (χ2n) is 5.16. The summed E-state index contributed by atoms with van der Waals surface area (Å²) in [5, 5.41) is 0. The van der Waals surface area contributed by atoms with E-state index in [4.69, 9.17) is 9.26 Å². The van der Waals surface area contributed by atoms with E-state index in [1.165, 1.54) is 11.2 Å². The van der Waals surface area contributed by atoms with Crippen molar-refractivity contribution in [3.8, 4) is 0 Å². The number of aliphatic imine (C=N–C) groups is 1. The number of nitrogens with zero attached hydrogens (tertiary/aromatic N) is 4. The van der Waals surface area contributed by atoms with Crippen LogP contribution in [0.2, 0.25) is 0 Å². The van der Waals surface area contributed by atoms with E-state index in [9.17, 15) is 9.36 Å². The normalized spacial score (nSPS) is 26.1. The molecule has 1 aliphatic heterocycles. The average Bonchev–Trinajstić information content (AvgIpc) is 2.41. The molecule has 8 nitrogen and oxygen atoms in total. The van der Waals surface area contributed by atoms with Crippen LogP contribution < -0.4 is 5.69 Å². The van der Waals surface area contributed by atoms with Crippen molar-refractivity contribution in [1.29, 1.82) is 0 Å². The number of rotatable bonds is 4. The van der Waals surface area contributed by atoms with Crippen LogP contribution in [-0.4, -0.2) is 60.6 Å². The molecule has 2 rings (SSSR count). The zero-order chi connectivity index (χ0) is 15.5. The molecule has 0 saturated carbocycles. The lowest BCUT2D eigenvalue weighted by molar-refractivity contribution is 0.00381. The van der Waals surface area contributed by atoms with E-state index in [1.807, 2.05) is 14.1 Å². The van der Waals surface area contributed by atoms with Crippen molar-refractivity contribution in [3.63, 3.8) is 0 Å². The van der Waals surface area contributed by atoms with Crippen molar-refractivity contribution in [2.75, 3.05) is 33.7 Å². The Morgan fingerprint density at radius 1 is 1.62 bits per heavy atom. The summed E-state index contributed by atoms with van der Waals surface area (Å²) in [4.78, 5) is 21.6. The maximum absolute atomic E-state index is 11.9. The highest BCUT2D eigenvalue weighted by Gasteiger charge is 2.27. The summed E-state index contributed by atoms with van der Waals surface area (Å²) < 4.78 is 23.7. The predicted octanol–water partition coefficient (Wildman–Crippen LogP) is 0.745. The molecule has 21 heavy (non-hydrogen) atoms.